The van der Waals surface area contributed by atoms with Crippen molar-refractivity contribution in [2.75, 3.05) is 18.1 Å². The highest BCUT2D eigenvalue weighted by Crippen LogP contribution is 2.29. The molecule has 0 aliphatic rings. The van der Waals surface area contributed by atoms with Crippen LogP contribution in [0.5, 0.6) is 5.75 Å². The summed E-state index contributed by atoms with van der Waals surface area (Å²) < 4.78 is 6.93. The summed E-state index contributed by atoms with van der Waals surface area (Å²) in [6, 6.07) is 6.23. The maximum absolute atomic E-state index is 5.81. The molecule has 1 aromatic carbocycles. The molecule has 0 radical (unpaired) electrons. The van der Waals surface area contributed by atoms with E-state index in [2.05, 4.69) is 48.8 Å². The first-order chi connectivity index (χ1) is 7.65. The van der Waals surface area contributed by atoms with E-state index in [0.717, 1.165) is 28.3 Å². The quantitative estimate of drug-likeness (QED) is 0.704. The smallest absolute Gasteiger partial charge is 0.122 e. The summed E-state index contributed by atoms with van der Waals surface area (Å²) in [4.78, 5) is 0. The number of hydrogen-bond acceptors (Lipinski definition) is 2. The topological polar surface area (TPSA) is 9.23 Å². The van der Waals surface area contributed by atoms with Gasteiger partial charge in [0.15, 0.2) is 0 Å². The second kappa shape index (κ2) is 7.23. The van der Waals surface area contributed by atoms with Crippen molar-refractivity contribution in [3.05, 3.63) is 28.2 Å². The van der Waals surface area contributed by atoms with Crippen LogP contribution in [0.1, 0.15) is 32.3 Å². The van der Waals surface area contributed by atoms with E-state index in [1.165, 1.54) is 5.56 Å². The third-order valence-corrected chi connectivity index (χ3v) is 3.64. The van der Waals surface area contributed by atoms with Crippen LogP contribution in [-0.2, 0) is 0 Å². The lowest BCUT2D eigenvalue weighted by atomic mass is 10.0. The summed E-state index contributed by atoms with van der Waals surface area (Å²) in [5.41, 5.74) is 1.27. The van der Waals surface area contributed by atoms with Crippen molar-refractivity contribution < 1.29 is 4.74 Å². The van der Waals surface area contributed by atoms with Crippen molar-refractivity contribution in [3.8, 4) is 5.75 Å². The average Bonchev–Trinajstić information content (AvgIpc) is 2.26. The number of thioether (sulfide) groups is 1. The van der Waals surface area contributed by atoms with Crippen LogP contribution < -0.4 is 4.74 Å². The van der Waals surface area contributed by atoms with Gasteiger partial charge < -0.3 is 4.74 Å². The lowest BCUT2D eigenvalue weighted by Crippen LogP contribution is -2.03. The highest BCUT2D eigenvalue weighted by atomic mass is 79.9. The molecule has 1 rings (SSSR count). The van der Waals surface area contributed by atoms with Crippen molar-refractivity contribution in [1.29, 1.82) is 0 Å². The van der Waals surface area contributed by atoms with E-state index in [0.29, 0.717) is 5.92 Å². The van der Waals surface area contributed by atoms with Gasteiger partial charge in [-0.05, 0) is 35.4 Å². The molecule has 0 spiro atoms. The van der Waals surface area contributed by atoms with Gasteiger partial charge in [-0.25, -0.2) is 0 Å². The highest BCUT2D eigenvalue weighted by molar-refractivity contribution is 9.10. The molecule has 0 unspecified atom stereocenters. The Morgan fingerprint density at radius 2 is 2.12 bits per heavy atom. The molecule has 16 heavy (non-hydrogen) atoms. The van der Waals surface area contributed by atoms with Gasteiger partial charge in [-0.1, -0.05) is 36.7 Å². The second-order valence-corrected chi connectivity index (χ2v) is 6.19. The number of halogens is 1. The molecule has 0 saturated carbocycles. The van der Waals surface area contributed by atoms with Gasteiger partial charge in [0.25, 0.3) is 0 Å². The minimum atomic E-state index is 0.492. The molecule has 1 aromatic rings. The van der Waals surface area contributed by atoms with Crippen molar-refractivity contribution >= 4 is 27.7 Å². The zero-order valence-electron chi connectivity index (χ0n) is 10.1. The maximum Gasteiger partial charge on any atom is 0.122 e. The largest absolute Gasteiger partial charge is 0.492 e. The van der Waals surface area contributed by atoms with Crippen LogP contribution >= 0.6 is 27.7 Å². The van der Waals surface area contributed by atoms with E-state index in [1.54, 1.807) is 0 Å². The van der Waals surface area contributed by atoms with Crippen LogP contribution in [0.15, 0.2) is 22.7 Å². The lowest BCUT2D eigenvalue weighted by molar-refractivity contribution is 0.339. The third kappa shape index (κ3) is 4.38. The molecule has 3 heteroatoms. The van der Waals surface area contributed by atoms with E-state index >= 15 is 0 Å². The fourth-order valence-corrected chi connectivity index (χ4v) is 2.33. The molecule has 0 bridgehead atoms. The summed E-state index contributed by atoms with van der Waals surface area (Å²) in [5.74, 6) is 3.73. The van der Waals surface area contributed by atoms with Gasteiger partial charge in [0.2, 0.25) is 0 Å². The van der Waals surface area contributed by atoms with Gasteiger partial charge in [-0.15, -0.1) is 0 Å². The average molecular weight is 303 g/mol. The van der Waals surface area contributed by atoms with Gasteiger partial charge in [0.05, 0.1) is 6.61 Å². The second-order valence-electron chi connectivity index (χ2n) is 3.88. The molecule has 0 aromatic heterocycles. The Labute approximate surface area is 111 Å². The Kier molecular flexibility index (Phi) is 6.29. The summed E-state index contributed by atoms with van der Waals surface area (Å²) in [7, 11) is 0. The van der Waals surface area contributed by atoms with Crippen LogP contribution in [0.25, 0.3) is 0 Å². The maximum atomic E-state index is 5.81. The standard InChI is InChI=1S/C13H19BrOS/c1-4-16-8-7-15-13-6-5-11(14)9-12(13)10(2)3/h5-6,9-10H,4,7-8H2,1-3H3. The first-order valence-electron chi connectivity index (χ1n) is 5.65. The predicted molar refractivity (Wildman–Crippen MR) is 76.7 cm³/mol. The van der Waals surface area contributed by atoms with Crippen molar-refractivity contribution in [1.82, 2.24) is 0 Å². The van der Waals surface area contributed by atoms with E-state index in [9.17, 15) is 0 Å². The van der Waals surface area contributed by atoms with E-state index < -0.39 is 0 Å². The predicted octanol–water partition coefficient (Wildman–Crippen LogP) is 4.70. The van der Waals surface area contributed by atoms with Crippen molar-refractivity contribution in [2.45, 2.75) is 26.7 Å². The van der Waals surface area contributed by atoms with E-state index in [-0.39, 0.29) is 0 Å². The Morgan fingerprint density at radius 1 is 1.38 bits per heavy atom. The van der Waals surface area contributed by atoms with Crippen LogP contribution in [0.4, 0.5) is 0 Å². The van der Waals surface area contributed by atoms with Gasteiger partial charge >= 0.3 is 0 Å². The Morgan fingerprint density at radius 3 is 2.75 bits per heavy atom. The number of rotatable bonds is 6. The molecule has 0 saturated heterocycles. The molecule has 0 N–H and O–H groups in total. The zero-order chi connectivity index (χ0) is 12.0. The van der Waals surface area contributed by atoms with Gasteiger partial charge in [0.1, 0.15) is 5.75 Å². The minimum Gasteiger partial charge on any atom is -0.492 e. The monoisotopic (exact) mass is 302 g/mol. The molecule has 0 amide bonds. The number of hydrogen-bond donors (Lipinski definition) is 0. The molecular weight excluding hydrogens is 284 g/mol. The van der Waals surface area contributed by atoms with Crippen molar-refractivity contribution in [3.63, 3.8) is 0 Å². The molecule has 0 aliphatic heterocycles. The Balaban J connectivity index is 2.64. The van der Waals surface area contributed by atoms with Gasteiger partial charge in [-0.3, -0.25) is 0 Å². The normalized spacial score (nSPS) is 10.8. The number of benzene rings is 1. The summed E-state index contributed by atoms with van der Waals surface area (Å²) in [6.45, 7) is 7.34. The van der Waals surface area contributed by atoms with Gasteiger partial charge in [-0.2, -0.15) is 11.8 Å². The Bertz CT molecular complexity index is 326. The molecule has 0 atom stereocenters. The zero-order valence-corrected chi connectivity index (χ0v) is 12.5. The first kappa shape index (κ1) is 13.9. The van der Waals surface area contributed by atoms with Crippen LogP contribution in [0.2, 0.25) is 0 Å². The first-order valence-corrected chi connectivity index (χ1v) is 7.60. The van der Waals surface area contributed by atoms with Crippen LogP contribution in [-0.4, -0.2) is 18.1 Å². The molecular formula is C13H19BrOS. The van der Waals surface area contributed by atoms with E-state index in [4.69, 9.17) is 4.74 Å². The molecule has 0 fully saturated rings. The van der Waals surface area contributed by atoms with Crippen LogP contribution in [0.3, 0.4) is 0 Å². The fourth-order valence-electron chi connectivity index (χ4n) is 1.46. The Hall–Kier alpha value is -0.150. The number of ether oxygens (including phenoxy) is 1. The highest BCUT2D eigenvalue weighted by Gasteiger charge is 2.08. The summed E-state index contributed by atoms with van der Waals surface area (Å²) >= 11 is 5.41. The molecule has 0 aliphatic carbocycles. The van der Waals surface area contributed by atoms with Crippen molar-refractivity contribution in [2.24, 2.45) is 0 Å². The fraction of sp³-hybridized carbons (Fsp3) is 0.538. The summed E-state index contributed by atoms with van der Waals surface area (Å²) in [6.07, 6.45) is 0. The lowest BCUT2D eigenvalue weighted by Gasteiger charge is -2.14. The van der Waals surface area contributed by atoms with Crippen LogP contribution in [0, 0.1) is 0 Å². The molecule has 0 heterocycles. The van der Waals surface area contributed by atoms with Gasteiger partial charge in [0, 0.05) is 10.2 Å². The minimum absolute atomic E-state index is 0.492. The summed E-state index contributed by atoms with van der Waals surface area (Å²) in [5, 5.41) is 0. The SMILES string of the molecule is CCSCCOc1ccc(Br)cc1C(C)C. The van der Waals surface area contributed by atoms with E-state index in [1.807, 2.05) is 17.8 Å². The third-order valence-electron chi connectivity index (χ3n) is 2.28. The molecule has 90 valence electrons. The molecule has 1 nitrogen and oxygen atoms in total.